The molecule has 0 fully saturated rings. The number of alkyl halides is 3. The quantitative estimate of drug-likeness (QED) is 0.551. The summed E-state index contributed by atoms with van der Waals surface area (Å²) in [7, 11) is 1.58. The Kier molecular flexibility index (Phi) is 8.06. The van der Waals surface area contributed by atoms with Crippen molar-refractivity contribution in [2.75, 3.05) is 32.6 Å². The van der Waals surface area contributed by atoms with Crippen LogP contribution in [0.3, 0.4) is 0 Å². The van der Waals surface area contributed by atoms with E-state index >= 15 is 0 Å². The van der Waals surface area contributed by atoms with Gasteiger partial charge in [0, 0.05) is 26.0 Å². The third-order valence-electron chi connectivity index (χ3n) is 2.95. The maximum Gasteiger partial charge on any atom is 0.441 e. The van der Waals surface area contributed by atoms with Crippen molar-refractivity contribution in [1.29, 1.82) is 0 Å². The normalized spacial score (nSPS) is 13.4. The number of hydrogen-bond acceptors (Lipinski definition) is 3. The molecule has 21 heavy (non-hydrogen) atoms. The minimum absolute atomic E-state index is 0.0164. The van der Waals surface area contributed by atoms with Crippen LogP contribution in [0.15, 0.2) is 24.3 Å². The molecule has 0 bridgehead atoms. The maximum absolute atomic E-state index is 12.9. The third-order valence-corrected chi connectivity index (χ3v) is 3.71. The molecule has 1 aromatic carbocycles. The van der Waals surface area contributed by atoms with Crippen LogP contribution in [0.2, 0.25) is 0 Å². The minimum atomic E-state index is -4.21. The summed E-state index contributed by atoms with van der Waals surface area (Å²) >= 11 is -0.0231. The fourth-order valence-electron chi connectivity index (χ4n) is 1.89. The van der Waals surface area contributed by atoms with E-state index in [0.29, 0.717) is 26.1 Å². The van der Waals surface area contributed by atoms with Crippen LogP contribution in [-0.4, -0.2) is 38.1 Å². The smallest absolute Gasteiger partial charge is 0.383 e. The highest BCUT2D eigenvalue weighted by Gasteiger charge is 2.28. The van der Waals surface area contributed by atoms with Crippen LogP contribution in [-0.2, 0) is 4.74 Å². The summed E-state index contributed by atoms with van der Waals surface area (Å²) in [4.78, 5) is 0. The Bertz CT molecular complexity index is 397. The van der Waals surface area contributed by atoms with Crippen molar-refractivity contribution in [2.45, 2.75) is 17.8 Å². The summed E-state index contributed by atoms with van der Waals surface area (Å²) in [5.74, 6) is -0.455. The molecule has 0 aliphatic heterocycles. The van der Waals surface area contributed by atoms with Crippen LogP contribution in [0.1, 0.15) is 17.9 Å². The lowest BCUT2D eigenvalue weighted by Gasteiger charge is -2.18. The van der Waals surface area contributed by atoms with E-state index in [1.54, 1.807) is 19.2 Å². The molecule has 1 rings (SSSR count). The Hall–Kier alpha value is -0.790. The Balaban J connectivity index is 2.54. The first-order valence-electron chi connectivity index (χ1n) is 6.58. The van der Waals surface area contributed by atoms with E-state index in [1.807, 2.05) is 0 Å². The molecule has 1 N–H and O–H groups in total. The summed E-state index contributed by atoms with van der Waals surface area (Å²) in [5.41, 5.74) is -3.37. The van der Waals surface area contributed by atoms with E-state index in [9.17, 15) is 17.6 Å². The van der Waals surface area contributed by atoms with Crippen LogP contribution < -0.4 is 5.32 Å². The molecule has 0 heterocycles. The fraction of sp³-hybridized carbons (Fsp3) is 0.571. The number of halogens is 4. The van der Waals surface area contributed by atoms with Gasteiger partial charge in [-0.3, -0.25) is 0 Å². The van der Waals surface area contributed by atoms with Gasteiger partial charge in [0.1, 0.15) is 5.82 Å². The molecule has 1 aromatic rings. The fourth-order valence-corrected chi connectivity index (χ4v) is 2.52. The van der Waals surface area contributed by atoms with Crippen LogP contribution in [0.25, 0.3) is 0 Å². The Morgan fingerprint density at radius 3 is 2.48 bits per heavy atom. The van der Waals surface area contributed by atoms with Crippen molar-refractivity contribution in [3.05, 3.63) is 35.6 Å². The number of nitrogens with one attached hydrogen (secondary N) is 1. The lowest BCUT2D eigenvalue weighted by Crippen LogP contribution is -2.25. The van der Waals surface area contributed by atoms with Gasteiger partial charge in [0.2, 0.25) is 0 Å². The second-order valence-electron chi connectivity index (χ2n) is 4.53. The van der Waals surface area contributed by atoms with E-state index < -0.39 is 5.51 Å². The molecule has 0 aliphatic carbocycles. The molecule has 7 heteroatoms. The molecule has 0 amide bonds. The van der Waals surface area contributed by atoms with Gasteiger partial charge < -0.3 is 10.1 Å². The Labute approximate surface area is 126 Å². The molecule has 0 spiro atoms. The molecule has 0 aliphatic rings. The Morgan fingerprint density at radius 1 is 1.24 bits per heavy atom. The number of rotatable bonds is 9. The van der Waals surface area contributed by atoms with Crippen molar-refractivity contribution in [3.63, 3.8) is 0 Å². The van der Waals surface area contributed by atoms with Gasteiger partial charge in [-0.05, 0) is 30.0 Å². The van der Waals surface area contributed by atoms with Crippen LogP contribution in [0, 0.1) is 5.82 Å². The molecule has 1 unspecified atom stereocenters. The largest absolute Gasteiger partial charge is 0.441 e. The lowest BCUT2D eigenvalue weighted by molar-refractivity contribution is -0.0328. The summed E-state index contributed by atoms with van der Waals surface area (Å²) in [6, 6.07) is 5.90. The molecule has 0 saturated heterocycles. The van der Waals surface area contributed by atoms with E-state index in [4.69, 9.17) is 4.74 Å². The summed E-state index contributed by atoms with van der Waals surface area (Å²) < 4.78 is 54.4. The van der Waals surface area contributed by atoms with Crippen molar-refractivity contribution in [2.24, 2.45) is 0 Å². The van der Waals surface area contributed by atoms with Gasteiger partial charge in [0.05, 0.1) is 6.61 Å². The number of ether oxygens (including phenoxy) is 1. The molecule has 0 aromatic heterocycles. The maximum atomic E-state index is 12.9. The number of hydrogen-bond donors (Lipinski definition) is 1. The lowest BCUT2D eigenvalue weighted by atomic mass is 9.96. The average Bonchev–Trinajstić information content (AvgIpc) is 2.41. The first-order valence-corrected chi connectivity index (χ1v) is 7.56. The molecular weight excluding hydrogens is 306 g/mol. The monoisotopic (exact) mass is 325 g/mol. The highest BCUT2D eigenvalue weighted by Crippen LogP contribution is 2.32. The van der Waals surface area contributed by atoms with Gasteiger partial charge in [-0.15, -0.1) is 0 Å². The topological polar surface area (TPSA) is 21.3 Å². The summed E-state index contributed by atoms with van der Waals surface area (Å²) in [6.07, 6.45) is 0.371. The van der Waals surface area contributed by atoms with Crippen LogP contribution in [0.5, 0.6) is 0 Å². The Morgan fingerprint density at radius 2 is 1.90 bits per heavy atom. The van der Waals surface area contributed by atoms with E-state index in [1.165, 1.54) is 12.1 Å². The third kappa shape index (κ3) is 8.28. The zero-order chi connectivity index (χ0) is 15.7. The van der Waals surface area contributed by atoms with Crippen LogP contribution >= 0.6 is 11.8 Å². The van der Waals surface area contributed by atoms with Gasteiger partial charge in [-0.1, -0.05) is 23.9 Å². The van der Waals surface area contributed by atoms with Crippen molar-refractivity contribution in [1.82, 2.24) is 5.32 Å². The summed E-state index contributed by atoms with van der Waals surface area (Å²) in [6.45, 7) is 1.70. The standard InChI is InChI=1S/C14H19F4NOS/c1-20-8-7-19-10-12(6-9-21-14(16,17)18)11-2-4-13(15)5-3-11/h2-5,12,19H,6-10H2,1H3. The second-order valence-corrected chi connectivity index (χ2v) is 5.69. The van der Waals surface area contributed by atoms with Gasteiger partial charge >= 0.3 is 5.51 Å². The van der Waals surface area contributed by atoms with Gasteiger partial charge in [0.25, 0.3) is 0 Å². The number of benzene rings is 1. The van der Waals surface area contributed by atoms with Crippen molar-refractivity contribution < 1.29 is 22.3 Å². The molecule has 120 valence electrons. The van der Waals surface area contributed by atoms with Gasteiger partial charge in [0.15, 0.2) is 0 Å². The first kappa shape index (κ1) is 18.3. The van der Waals surface area contributed by atoms with E-state index in [0.717, 1.165) is 5.56 Å². The SMILES string of the molecule is COCCNCC(CCSC(F)(F)F)c1ccc(F)cc1. The van der Waals surface area contributed by atoms with E-state index in [-0.39, 0.29) is 29.2 Å². The predicted octanol–water partition coefficient (Wildman–Crippen LogP) is 3.79. The average molecular weight is 325 g/mol. The zero-order valence-corrected chi connectivity index (χ0v) is 12.6. The van der Waals surface area contributed by atoms with Crippen molar-refractivity contribution in [3.8, 4) is 0 Å². The first-order chi connectivity index (χ1) is 9.92. The summed E-state index contributed by atoms with van der Waals surface area (Å²) in [5, 5.41) is 3.14. The number of thioether (sulfide) groups is 1. The highest BCUT2D eigenvalue weighted by atomic mass is 32.2. The predicted molar refractivity (Wildman–Crippen MR) is 77.0 cm³/mol. The molecule has 0 radical (unpaired) electrons. The van der Waals surface area contributed by atoms with Gasteiger partial charge in [-0.25, -0.2) is 4.39 Å². The molecule has 1 atom stereocenters. The van der Waals surface area contributed by atoms with Crippen LogP contribution in [0.4, 0.5) is 17.6 Å². The van der Waals surface area contributed by atoms with Crippen molar-refractivity contribution >= 4 is 11.8 Å². The minimum Gasteiger partial charge on any atom is -0.383 e. The zero-order valence-electron chi connectivity index (χ0n) is 11.8. The van der Waals surface area contributed by atoms with E-state index in [2.05, 4.69) is 5.32 Å². The highest BCUT2D eigenvalue weighted by molar-refractivity contribution is 8.00. The second kappa shape index (κ2) is 9.27. The molecule has 2 nitrogen and oxygen atoms in total. The molecule has 0 saturated carbocycles. The number of methoxy groups -OCH3 is 1. The van der Waals surface area contributed by atoms with Gasteiger partial charge in [-0.2, -0.15) is 13.2 Å². The molecular formula is C14H19F4NOS.